The molecule has 0 saturated heterocycles. The van der Waals surface area contributed by atoms with Crippen LogP contribution in [0, 0.1) is 5.92 Å². The fraction of sp³-hybridized carbons (Fsp3) is 0.727. The van der Waals surface area contributed by atoms with Gasteiger partial charge in [-0.2, -0.15) is 0 Å². The summed E-state index contributed by atoms with van der Waals surface area (Å²) >= 11 is 0. The predicted octanol–water partition coefficient (Wildman–Crippen LogP) is 1.70. The van der Waals surface area contributed by atoms with Crippen molar-refractivity contribution in [3.8, 4) is 0 Å². The van der Waals surface area contributed by atoms with Gasteiger partial charge < -0.3 is 9.88 Å². The third-order valence-electron chi connectivity index (χ3n) is 3.03. The molecule has 1 aliphatic rings. The molecule has 0 aromatic carbocycles. The molecule has 1 N–H and O–H groups in total. The molecule has 2 atom stereocenters. The molecule has 0 aliphatic heterocycles. The summed E-state index contributed by atoms with van der Waals surface area (Å²) in [5.74, 6) is 2.06. The molecule has 1 aromatic rings. The molecule has 2 rings (SSSR count). The van der Waals surface area contributed by atoms with Crippen molar-refractivity contribution in [1.29, 1.82) is 0 Å². The maximum absolute atomic E-state index is 4.29. The van der Waals surface area contributed by atoms with Crippen LogP contribution in [-0.4, -0.2) is 15.6 Å². The van der Waals surface area contributed by atoms with Gasteiger partial charge in [-0.25, -0.2) is 4.98 Å². The monoisotopic (exact) mass is 193 g/mol. The zero-order valence-corrected chi connectivity index (χ0v) is 9.03. The van der Waals surface area contributed by atoms with E-state index in [0.717, 1.165) is 24.3 Å². The Morgan fingerprint density at radius 2 is 2.50 bits per heavy atom. The van der Waals surface area contributed by atoms with E-state index in [1.165, 1.54) is 19.3 Å². The Morgan fingerprint density at radius 3 is 3.14 bits per heavy atom. The van der Waals surface area contributed by atoms with Gasteiger partial charge in [-0.1, -0.05) is 13.3 Å². The van der Waals surface area contributed by atoms with E-state index in [1.807, 2.05) is 19.4 Å². The molecule has 14 heavy (non-hydrogen) atoms. The van der Waals surface area contributed by atoms with Gasteiger partial charge in [-0.15, -0.1) is 0 Å². The van der Waals surface area contributed by atoms with Crippen molar-refractivity contribution in [1.82, 2.24) is 14.9 Å². The minimum atomic E-state index is 0.756. The third kappa shape index (κ3) is 2.15. The average Bonchev–Trinajstić information content (AvgIpc) is 2.78. The van der Waals surface area contributed by atoms with E-state index >= 15 is 0 Å². The van der Waals surface area contributed by atoms with E-state index in [2.05, 4.69) is 21.8 Å². The van der Waals surface area contributed by atoms with E-state index in [9.17, 15) is 0 Å². The van der Waals surface area contributed by atoms with Gasteiger partial charge in [0.05, 0.1) is 6.54 Å². The molecule has 0 amide bonds. The number of nitrogens with zero attached hydrogens (tertiary/aromatic N) is 2. The van der Waals surface area contributed by atoms with Gasteiger partial charge >= 0.3 is 0 Å². The molecule has 1 saturated carbocycles. The van der Waals surface area contributed by atoms with Crippen LogP contribution in [0.4, 0.5) is 0 Å². The molecule has 78 valence electrons. The van der Waals surface area contributed by atoms with Crippen molar-refractivity contribution < 1.29 is 0 Å². The fourth-order valence-electron chi connectivity index (χ4n) is 1.98. The largest absolute Gasteiger partial charge is 0.337 e. The molecule has 2 unspecified atom stereocenters. The molecule has 0 bridgehead atoms. The summed E-state index contributed by atoms with van der Waals surface area (Å²) in [6.07, 6.45) is 7.89. The van der Waals surface area contributed by atoms with Crippen LogP contribution >= 0.6 is 0 Å². The van der Waals surface area contributed by atoms with Gasteiger partial charge in [-0.3, -0.25) is 0 Å². The first kappa shape index (κ1) is 9.71. The Balaban J connectivity index is 1.72. The lowest BCUT2D eigenvalue weighted by molar-refractivity contribution is 0.578. The summed E-state index contributed by atoms with van der Waals surface area (Å²) < 4.78 is 2.07. The van der Waals surface area contributed by atoms with Crippen LogP contribution in [-0.2, 0) is 13.6 Å². The topological polar surface area (TPSA) is 29.9 Å². The highest BCUT2D eigenvalue weighted by Gasteiger charge is 2.35. The summed E-state index contributed by atoms with van der Waals surface area (Å²) in [4.78, 5) is 4.29. The normalized spacial score (nSPS) is 25.3. The summed E-state index contributed by atoms with van der Waals surface area (Å²) in [5.41, 5.74) is 0. The standard InChI is InChI=1S/C11H19N3/c1-3-4-9-7-10(9)13-8-11-12-5-6-14(11)2/h5-6,9-10,13H,3-4,7-8H2,1-2H3. The second kappa shape index (κ2) is 4.13. The molecule has 3 heteroatoms. The Morgan fingerprint density at radius 1 is 1.64 bits per heavy atom. The number of imidazole rings is 1. The summed E-state index contributed by atoms with van der Waals surface area (Å²) in [5, 5.41) is 3.55. The van der Waals surface area contributed by atoms with E-state index in [4.69, 9.17) is 0 Å². The van der Waals surface area contributed by atoms with Gasteiger partial charge in [0.15, 0.2) is 0 Å². The predicted molar refractivity (Wildman–Crippen MR) is 56.9 cm³/mol. The van der Waals surface area contributed by atoms with E-state index in [0.29, 0.717) is 0 Å². The lowest BCUT2D eigenvalue weighted by Gasteiger charge is -2.03. The van der Waals surface area contributed by atoms with Crippen molar-refractivity contribution in [2.24, 2.45) is 13.0 Å². The maximum atomic E-state index is 4.29. The van der Waals surface area contributed by atoms with Crippen LogP contribution in [0.15, 0.2) is 12.4 Å². The van der Waals surface area contributed by atoms with Gasteiger partial charge in [0.1, 0.15) is 5.82 Å². The van der Waals surface area contributed by atoms with Crippen molar-refractivity contribution in [3.63, 3.8) is 0 Å². The van der Waals surface area contributed by atoms with Crippen LogP contribution in [0.3, 0.4) is 0 Å². The number of hydrogen-bond donors (Lipinski definition) is 1. The molecular formula is C11H19N3. The summed E-state index contributed by atoms with van der Waals surface area (Å²) in [6.45, 7) is 3.17. The first-order chi connectivity index (χ1) is 6.81. The van der Waals surface area contributed by atoms with Gasteiger partial charge in [0, 0.05) is 25.5 Å². The first-order valence-corrected chi connectivity index (χ1v) is 5.51. The fourth-order valence-corrected chi connectivity index (χ4v) is 1.98. The molecule has 1 fully saturated rings. The molecular weight excluding hydrogens is 174 g/mol. The molecule has 1 aliphatic carbocycles. The highest BCUT2D eigenvalue weighted by Crippen LogP contribution is 2.34. The van der Waals surface area contributed by atoms with Crippen molar-refractivity contribution in [2.45, 2.75) is 38.8 Å². The number of nitrogens with one attached hydrogen (secondary N) is 1. The van der Waals surface area contributed by atoms with Crippen molar-refractivity contribution in [2.75, 3.05) is 0 Å². The number of hydrogen-bond acceptors (Lipinski definition) is 2. The maximum Gasteiger partial charge on any atom is 0.122 e. The molecule has 1 aromatic heterocycles. The quantitative estimate of drug-likeness (QED) is 0.771. The Hall–Kier alpha value is -0.830. The van der Waals surface area contributed by atoms with Crippen LogP contribution in [0.1, 0.15) is 32.0 Å². The molecule has 3 nitrogen and oxygen atoms in total. The van der Waals surface area contributed by atoms with Gasteiger partial charge in [0.2, 0.25) is 0 Å². The van der Waals surface area contributed by atoms with Crippen LogP contribution in [0.2, 0.25) is 0 Å². The summed E-state index contributed by atoms with van der Waals surface area (Å²) in [6, 6.07) is 0.756. The highest BCUT2D eigenvalue weighted by atomic mass is 15.1. The van der Waals surface area contributed by atoms with E-state index in [-0.39, 0.29) is 0 Å². The number of aryl methyl sites for hydroxylation is 1. The first-order valence-electron chi connectivity index (χ1n) is 5.51. The zero-order valence-electron chi connectivity index (χ0n) is 9.03. The van der Waals surface area contributed by atoms with Crippen LogP contribution in [0.25, 0.3) is 0 Å². The smallest absolute Gasteiger partial charge is 0.122 e. The van der Waals surface area contributed by atoms with Crippen molar-refractivity contribution >= 4 is 0 Å². The Labute approximate surface area is 85.5 Å². The van der Waals surface area contributed by atoms with Crippen LogP contribution in [0.5, 0.6) is 0 Å². The van der Waals surface area contributed by atoms with E-state index < -0.39 is 0 Å². The molecule has 0 spiro atoms. The highest BCUT2D eigenvalue weighted by molar-refractivity contribution is 4.96. The zero-order chi connectivity index (χ0) is 9.97. The van der Waals surface area contributed by atoms with Gasteiger partial charge in [0.25, 0.3) is 0 Å². The van der Waals surface area contributed by atoms with Crippen molar-refractivity contribution in [3.05, 3.63) is 18.2 Å². The van der Waals surface area contributed by atoms with Gasteiger partial charge in [-0.05, 0) is 18.8 Å². The number of rotatable bonds is 5. The third-order valence-corrected chi connectivity index (χ3v) is 3.03. The minimum Gasteiger partial charge on any atom is -0.337 e. The average molecular weight is 193 g/mol. The number of aromatic nitrogens is 2. The van der Waals surface area contributed by atoms with Crippen LogP contribution < -0.4 is 5.32 Å². The lowest BCUT2D eigenvalue weighted by Crippen LogP contribution is -2.19. The SMILES string of the molecule is CCCC1CC1NCc1nccn1C. The minimum absolute atomic E-state index is 0.756. The summed E-state index contributed by atoms with van der Waals surface area (Å²) in [7, 11) is 2.04. The Kier molecular flexibility index (Phi) is 2.87. The molecule has 0 radical (unpaired) electrons. The molecule has 1 heterocycles. The van der Waals surface area contributed by atoms with E-state index in [1.54, 1.807) is 0 Å². The second-order valence-electron chi connectivity index (χ2n) is 4.23. The Bertz CT molecular complexity index is 292. The second-order valence-corrected chi connectivity index (χ2v) is 4.23. The lowest BCUT2D eigenvalue weighted by atomic mass is 10.2.